The zero-order valence-corrected chi connectivity index (χ0v) is 9.54. The van der Waals surface area contributed by atoms with Crippen LogP contribution in [0.3, 0.4) is 0 Å². The lowest BCUT2D eigenvalue weighted by Crippen LogP contribution is -2.15. The average molecular weight is 202 g/mol. The molecule has 0 aromatic carbocycles. The summed E-state index contributed by atoms with van der Waals surface area (Å²) in [5.41, 5.74) is 0. The lowest BCUT2D eigenvalue weighted by atomic mass is 10.1. The molecule has 3 nitrogen and oxygen atoms in total. The second kappa shape index (κ2) is 8.85. The first-order chi connectivity index (χ1) is 6.70. The molecule has 0 fully saturated rings. The number of rotatable bonds is 7. The monoisotopic (exact) mass is 202 g/mol. The van der Waals surface area contributed by atoms with Crippen molar-refractivity contribution in [2.24, 2.45) is 0 Å². The summed E-state index contributed by atoms with van der Waals surface area (Å²) in [6.07, 6.45) is 5.18. The summed E-state index contributed by atoms with van der Waals surface area (Å²) in [5, 5.41) is 0. The maximum Gasteiger partial charge on any atom is 0.508 e. The molecule has 0 aliphatic carbocycles. The molecule has 84 valence electrons. The van der Waals surface area contributed by atoms with E-state index in [1.54, 1.807) is 6.92 Å². The SMILES string of the molecule is CCCCCCC(C)OC(=O)OCC. The van der Waals surface area contributed by atoms with Gasteiger partial charge >= 0.3 is 6.16 Å². The predicted octanol–water partition coefficient (Wildman–Crippen LogP) is 3.52. The fourth-order valence-electron chi connectivity index (χ4n) is 1.23. The second-order valence-corrected chi connectivity index (χ2v) is 3.46. The highest BCUT2D eigenvalue weighted by atomic mass is 16.7. The van der Waals surface area contributed by atoms with Crippen LogP contribution in [0.4, 0.5) is 4.79 Å². The van der Waals surface area contributed by atoms with Gasteiger partial charge in [-0.05, 0) is 26.7 Å². The van der Waals surface area contributed by atoms with Gasteiger partial charge in [0.25, 0.3) is 0 Å². The number of carbonyl (C=O) groups is 1. The van der Waals surface area contributed by atoms with E-state index < -0.39 is 6.16 Å². The first-order valence-corrected chi connectivity index (χ1v) is 5.54. The molecule has 0 aliphatic rings. The quantitative estimate of drug-likeness (QED) is 0.468. The summed E-state index contributed by atoms with van der Waals surface area (Å²) >= 11 is 0. The van der Waals surface area contributed by atoms with Gasteiger partial charge in [0.1, 0.15) is 6.10 Å². The van der Waals surface area contributed by atoms with Gasteiger partial charge in [-0.3, -0.25) is 0 Å². The second-order valence-electron chi connectivity index (χ2n) is 3.46. The number of hydrogen-bond acceptors (Lipinski definition) is 3. The minimum Gasteiger partial charge on any atom is -0.435 e. The van der Waals surface area contributed by atoms with Crippen molar-refractivity contribution in [2.75, 3.05) is 6.61 Å². The van der Waals surface area contributed by atoms with Crippen LogP contribution < -0.4 is 0 Å². The minimum atomic E-state index is -0.546. The van der Waals surface area contributed by atoms with Gasteiger partial charge in [-0.15, -0.1) is 0 Å². The van der Waals surface area contributed by atoms with E-state index in [4.69, 9.17) is 4.74 Å². The number of ether oxygens (including phenoxy) is 2. The van der Waals surface area contributed by atoms with Gasteiger partial charge in [0.05, 0.1) is 6.61 Å². The Kier molecular flexibility index (Phi) is 8.39. The van der Waals surface area contributed by atoms with Crippen molar-refractivity contribution in [3.8, 4) is 0 Å². The molecule has 1 atom stereocenters. The van der Waals surface area contributed by atoms with Crippen LogP contribution in [0, 0.1) is 0 Å². The van der Waals surface area contributed by atoms with Crippen LogP contribution in [0.2, 0.25) is 0 Å². The highest BCUT2D eigenvalue weighted by molar-refractivity contribution is 5.59. The third-order valence-electron chi connectivity index (χ3n) is 2.02. The Balaban J connectivity index is 3.35. The third kappa shape index (κ3) is 7.90. The lowest BCUT2D eigenvalue weighted by Gasteiger charge is -2.12. The van der Waals surface area contributed by atoms with Gasteiger partial charge in [-0.2, -0.15) is 0 Å². The Bertz CT molecular complexity index is 145. The first-order valence-electron chi connectivity index (χ1n) is 5.54. The highest BCUT2D eigenvalue weighted by Gasteiger charge is 2.08. The number of hydrogen-bond donors (Lipinski definition) is 0. The van der Waals surface area contributed by atoms with Crippen LogP contribution in [0.1, 0.15) is 52.9 Å². The van der Waals surface area contributed by atoms with Crippen molar-refractivity contribution >= 4 is 6.16 Å². The number of unbranched alkanes of at least 4 members (excludes halogenated alkanes) is 3. The molecule has 0 N–H and O–H groups in total. The molecule has 0 rings (SSSR count). The van der Waals surface area contributed by atoms with E-state index in [1.165, 1.54) is 19.3 Å². The predicted molar refractivity (Wildman–Crippen MR) is 56.3 cm³/mol. The van der Waals surface area contributed by atoms with E-state index in [-0.39, 0.29) is 6.10 Å². The fraction of sp³-hybridized carbons (Fsp3) is 0.909. The Morgan fingerprint density at radius 2 is 1.93 bits per heavy atom. The molecule has 1 unspecified atom stereocenters. The van der Waals surface area contributed by atoms with Crippen molar-refractivity contribution in [3.05, 3.63) is 0 Å². The van der Waals surface area contributed by atoms with Crippen molar-refractivity contribution in [3.63, 3.8) is 0 Å². The van der Waals surface area contributed by atoms with E-state index in [2.05, 4.69) is 11.7 Å². The molecule has 0 aliphatic heterocycles. The van der Waals surface area contributed by atoms with Gasteiger partial charge in [0.2, 0.25) is 0 Å². The molecule has 0 amide bonds. The van der Waals surface area contributed by atoms with Crippen molar-refractivity contribution in [1.82, 2.24) is 0 Å². The summed E-state index contributed by atoms with van der Waals surface area (Å²) in [5.74, 6) is 0. The molecular formula is C11H22O3. The summed E-state index contributed by atoms with van der Waals surface area (Å²) in [7, 11) is 0. The van der Waals surface area contributed by atoms with Crippen LogP contribution in [-0.4, -0.2) is 18.9 Å². The molecule has 0 saturated heterocycles. The summed E-state index contributed by atoms with van der Waals surface area (Å²) in [6.45, 7) is 6.23. The van der Waals surface area contributed by atoms with E-state index in [0.29, 0.717) is 6.61 Å². The normalized spacial score (nSPS) is 12.2. The van der Waals surface area contributed by atoms with Crippen molar-refractivity contribution in [1.29, 1.82) is 0 Å². The smallest absolute Gasteiger partial charge is 0.435 e. The Labute approximate surface area is 86.8 Å². The Morgan fingerprint density at radius 1 is 1.21 bits per heavy atom. The highest BCUT2D eigenvalue weighted by Crippen LogP contribution is 2.08. The van der Waals surface area contributed by atoms with Crippen LogP contribution in [0.15, 0.2) is 0 Å². The molecule has 0 aromatic rings. The van der Waals surface area contributed by atoms with Gasteiger partial charge < -0.3 is 9.47 Å². The number of carbonyl (C=O) groups excluding carboxylic acids is 1. The maximum absolute atomic E-state index is 10.9. The molecular weight excluding hydrogens is 180 g/mol. The molecule has 0 heterocycles. The van der Waals surface area contributed by atoms with Gasteiger partial charge in [0, 0.05) is 0 Å². The van der Waals surface area contributed by atoms with E-state index in [9.17, 15) is 4.79 Å². The van der Waals surface area contributed by atoms with Crippen LogP contribution in [-0.2, 0) is 9.47 Å². The fourth-order valence-corrected chi connectivity index (χ4v) is 1.23. The summed E-state index contributed by atoms with van der Waals surface area (Å²) in [6, 6.07) is 0. The van der Waals surface area contributed by atoms with Crippen LogP contribution in [0.25, 0.3) is 0 Å². The molecule has 0 radical (unpaired) electrons. The zero-order chi connectivity index (χ0) is 10.8. The van der Waals surface area contributed by atoms with Gasteiger partial charge in [-0.1, -0.05) is 26.2 Å². The van der Waals surface area contributed by atoms with Crippen LogP contribution in [0.5, 0.6) is 0 Å². The third-order valence-corrected chi connectivity index (χ3v) is 2.02. The van der Waals surface area contributed by atoms with Gasteiger partial charge in [0.15, 0.2) is 0 Å². The molecule has 0 saturated carbocycles. The minimum absolute atomic E-state index is 0.0223. The lowest BCUT2D eigenvalue weighted by molar-refractivity contribution is 0.0289. The molecule has 0 aromatic heterocycles. The van der Waals surface area contributed by atoms with Gasteiger partial charge in [-0.25, -0.2) is 4.79 Å². The standard InChI is InChI=1S/C11H22O3/c1-4-6-7-8-9-10(3)14-11(12)13-5-2/h10H,4-9H2,1-3H3. The molecule has 0 bridgehead atoms. The zero-order valence-electron chi connectivity index (χ0n) is 9.54. The Morgan fingerprint density at radius 3 is 2.50 bits per heavy atom. The summed E-state index contributed by atoms with van der Waals surface area (Å²) in [4.78, 5) is 10.9. The van der Waals surface area contributed by atoms with Crippen LogP contribution >= 0.6 is 0 Å². The largest absolute Gasteiger partial charge is 0.508 e. The van der Waals surface area contributed by atoms with E-state index >= 15 is 0 Å². The van der Waals surface area contributed by atoms with Crippen molar-refractivity contribution in [2.45, 2.75) is 59.0 Å². The first kappa shape index (κ1) is 13.3. The molecule has 3 heteroatoms. The Hall–Kier alpha value is -0.730. The summed E-state index contributed by atoms with van der Waals surface area (Å²) < 4.78 is 9.69. The van der Waals surface area contributed by atoms with E-state index in [0.717, 1.165) is 12.8 Å². The molecule has 0 spiro atoms. The maximum atomic E-state index is 10.9. The van der Waals surface area contributed by atoms with E-state index in [1.807, 2.05) is 6.92 Å². The topological polar surface area (TPSA) is 35.5 Å². The average Bonchev–Trinajstić information content (AvgIpc) is 2.13. The van der Waals surface area contributed by atoms with Crippen molar-refractivity contribution < 1.29 is 14.3 Å². The molecule has 14 heavy (non-hydrogen) atoms.